The summed E-state index contributed by atoms with van der Waals surface area (Å²) in [6, 6.07) is 11.7. The fourth-order valence-corrected chi connectivity index (χ4v) is 3.99. The molecule has 0 aliphatic rings. The standard InChI is InChI=1S/C19H16N4O5S/c1-21(18-20-13-5-2-3-6-16(13)29-18)17(24)7-4-10-22-14-9-8-12(23(26)27)11-15(14)28-19(22)25/h2-3,5-6,8-9,11H,4,7,10H2,1H3. The van der Waals surface area contributed by atoms with E-state index in [1.165, 1.54) is 39.0 Å². The number of anilines is 1. The smallest absolute Gasteiger partial charge is 0.407 e. The monoisotopic (exact) mass is 412 g/mol. The van der Waals surface area contributed by atoms with E-state index in [0.717, 1.165) is 10.2 Å². The molecule has 0 unspecified atom stereocenters. The lowest BCUT2D eigenvalue weighted by atomic mass is 10.2. The summed E-state index contributed by atoms with van der Waals surface area (Å²) in [6.45, 7) is 0.267. The lowest BCUT2D eigenvalue weighted by Gasteiger charge is -2.13. The number of carbonyl (C=O) groups excluding carboxylic acids is 1. The number of thiazole rings is 1. The fraction of sp³-hybridized carbons (Fsp3) is 0.211. The number of para-hydroxylation sites is 1. The minimum absolute atomic E-state index is 0.111. The van der Waals surface area contributed by atoms with Crippen LogP contribution in [0, 0.1) is 10.1 Å². The number of non-ortho nitro benzene ring substituents is 1. The molecule has 0 radical (unpaired) electrons. The van der Waals surface area contributed by atoms with Crippen molar-refractivity contribution >= 4 is 49.4 Å². The Hall–Kier alpha value is -3.53. The largest absolute Gasteiger partial charge is 0.419 e. The van der Waals surface area contributed by atoms with Crippen LogP contribution in [0.5, 0.6) is 0 Å². The van der Waals surface area contributed by atoms with Gasteiger partial charge in [0.15, 0.2) is 10.7 Å². The molecular weight excluding hydrogens is 396 g/mol. The highest BCUT2D eigenvalue weighted by Gasteiger charge is 2.17. The van der Waals surface area contributed by atoms with Crippen LogP contribution < -0.4 is 10.7 Å². The number of fused-ring (bicyclic) bond motifs is 2. The lowest BCUT2D eigenvalue weighted by molar-refractivity contribution is -0.384. The summed E-state index contributed by atoms with van der Waals surface area (Å²) in [7, 11) is 1.68. The highest BCUT2D eigenvalue weighted by molar-refractivity contribution is 7.22. The lowest BCUT2D eigenvalue weighted by Crippen LogP contribution is -2.26. The molecule has 29 heavy (non-hydrogen) atoms. The second kappa shape index (κ2) is 7.47. The number of nitro groups is 1. The molecule has 4 aromatic rings. The zero-order chi connectivity index (χ0) is 20.5. The first kappa shape index (κ1) is 18.8. The van der Waals surface area contributed by atoms with E-state index >= 15 is 0 Å². The van der Waals surface area contributed by atoms with Gasteiger partial charge in [0.25, 0.3) is 5.69 Å². The number of aryl methyl sites for hydroxylation is 1. The quantitative estimate of drug-likeness (QED) is 0.354. The van der Waals surface area contributed by atoms with Gasteiger partial charge in [0, 0.05) is 26.1 Å². The number of benzene rings is 2. The van der Waals surface area contributed by atoms with Gasteiger partial charge < -0.3 is 4.42 Å². The first-order chi connectivity index (χ1) is 13.9. The molecular formula is C19H16N4O5S. The number of oxazole rings is 1. The first-order valence-electron chi connectivity index (χ1n) is 8.84. The number of amides is 1. The molecule has 0 spiro atoms. The zero-order valence-corrected chi connectivity index (χ0v) is 16.2. The van der Waals surface area contributed by atoms with E-state index in [9.17, 15) is 19.7 Å². The number of hydrogen-bond acceptors (Lipinski definition) is 7. The number of nitrogens with zero attached hydrogens (tertiary/aromatic N) is 4. The molecule has 0 fully saturated rings. The third-order valence-corrected chi connectivity index (χ3v) is 5.69. The van der Waals surface area contributed by atoms with Crippen molar-refractivity contribution in [2.45, 2.75) is 19.4 Å². The predicted molar refractivity (Wildman–Crippen MR) is 109 cm³/mol. The minimum atomic E-state index is -0.604. The molecule has 0 atom stereocenters. The van der Waals surface area contributed by atoms with Gasteiger partial charge >= 0.3 is 5.76 Å². The van der Waals surface area contributed by atoms with Crippen LogP contribution in [0.1, 0.15) is 12.8 Å². The van der Waals surface area contributed by atoms with Crippen molar-refractivity contribution in [2.75, 3.05) is 11.9 Å². The highest BCUT2D eigenvalue weighted by atomic mass is 32.1. The number of nitro benzene ring substituents is 1. The predicted octanol–water partition coefficient (Wildman–Crippen LogP) is 3.56. The summed E-state index contributed by atoms with van der Waals surface area (Å²) < 4.78 is 7.48. The average molecular weight is 412 g/mol. The van der Waals surface area contributed by atoms with Crippen LogP contribution in [0.25, 0.3) is 21.3 Å². The van der Waals surface area contributed by atoms with Crippen LogP contribution in [0.15, 0.2) is 51.7 Å². The zero-order valence-electron chi connectivity index (χ0n) is 15.4. The molecule has 10 heteroatoms. The molecule has 2 aromatic heterocycles. The van der Waals surface area contributed by atoms with E-state index in [0.29, 0.717) is 17.1 Å². The van der Waals surface area contributed by atoms with E-state index in [-0.39, 0.29) is 30.1 Å². The number of aromatic nitrogens is 2. The van der Waals surface area contributed by atoms with Crippen LogP contribution in [0.3, 0.4) is 0 Å². The van der Waals surface area contributed by atoms with E-state index in [1.807, 2.05) is 24.3 Å². The Labute approximate surface area is 167 Å². The molecule has 2 heterocycles. The van der Waals surface area contributed by atoms with Crippen LogP contribution in [0.2, 0.25) is 0 Å². The molecule has 1 amide bonds. The Bertz CT molecular complexity index is 1260. The van der Waals surface area contributed by atoms with Gasteiger partial charge in [-0.2, -0.15) is 0 Å². The van der Waals surface area contributed by atoms with E-state index in [1.54, 1.807) is 7.05 Å². The highest BCUT2D eigenvalue weighted by Crippen LogP contribution is 2.28. The normalized spacial score (nSPS) is 11.2. The van der Waals surface area contributed by atoms with Crippen molar-refractivity contribution < 1.29 is 14.1 Å². The molecule has 0 aliphatic heterocycles. The molecule has 148 valence electrons. The number of rotatable bonds is 6. The molecule has 9 nitrogen and oxygen atoms in total. The maximum Gasteiger partial charge on any atom is 0.419 e. The van der Waals surface area contributed by atoms with Crippen molar-refractivity contribution in [3.8, 4) is 0 Å². The average Bonchev–Trinajstić information content (AvgIpc) is 3.27. The van der Waals surface area contributed by atoms with E-state index in [4.69, 9.17) is 4.42 Å². The summed E-state index contributed by atoms with van der Waals surface area (Å²) >= 11 is 1.44. The molecule has 4 rings (SSSR count). The van der Waals surface area contributed by atoms with Gasteiger partial charge in [-0.25, -0.2) is 9.78 Å². The van der Waals surface area contributed by atoms with Crippen LogP contribution in [-0.4, -0.2) is 27.4 Å². The van der Waals surface area contributed by atoms with Gasteiger partial charge in [-0.3, -0.25) is 24.4 Å². The second-order valence-corrected chi connectivity index (χ2v) is 7.46. The summed E-state index contributed by atoms with van der Waals surface area (Å²) in [4.78, 5) is 40.9. The van der Waals surface area contributed by atoms with Gasteiger partial charge in [-0.1, -0.05) is 23.5 Å². The molecule has 0 aliphatic carbocycles. The fourth-order valence-electron chi connectivity index (χ4n) is 3.05. The Balaban J connectivity index is 1.44. The topological polar surface area (TPSA) is 111 Å². The summed E-state index contributed by atoms with van der Waals surface area (Å²) in [6.07, 6.45) is 0.637. The first-order valence-corrected chi connectivity index (χ1v) is 9.65. The van der Waals surface area contributed by atoms with Gasteiger partial charge in [-0.05, 0) is 24.6 Å². The summed E-state index contributed by atoms with van der Waals surface area (Å²) in [5.41, 5.74) is 1.32. The number of hydrogen-bond donors (Lipinski definition) is 0. The Morgan fingerprint density at radius 3 is 2.86 bits per heavy atom. The number of carbonyl (C=O) groups is 1. The Morgan fingerprint density at radius 2 is 2.10 bits per heavy atom. The summed E-state index contributed by atoms with van der Waals surface area (Å²) in [5.74, 6) is -0.715. The van der Waals surface area contributed by atoms with Crippen molar-refractivity contribution in [3.05, 3.63) is 63.1 Å². The van der Waals surface area contributed by atoms with Crippen molar-refractivity contribution in [1.29, 1.82) is 0 Å². The van der Waals surface area contributed by atoms with Gasteiger partial charge in [0.1, 0.15) is 0 Å². The van der Waals surface area contributed by atoms with Gasteiger partial charge in [0.05, 0.1) is 26.7 Å². The SMILES string of the molecule is CN(C(=O)CCCn1c(=O)oc2cc([N+](=O)[O-])ccc21)c1nc2ccccc2s1. The Kier molecular flexibility index (Phi) is 4.85. The third-order valence-electron chi connectivity index (χ3n) is 4.58. The van der Waals surface area contributed by atoms with Crippen LogP contribution in [-0.2, 0) is 11.3 Å². The van der Waals surface area contributed by atoms with Crippen molar-refractivity contribution in [2.24, 2.45) is 0 Å². The third kappa shape index (κ3) is 3.61. The second-order valence-electron chi connectivity index (χ2n) is 6.45. The van der Waals surface area contributed by atoms with E-state index < -0.39 is 10.7 Å². The minimum Gasteiger partial charge on any atom is -0.407 e. The molecule has 2 aromatic carbocycles. The van der Waals surface area contributed by atoms with Crippen molar-refractivity contribution in [1.82, 2.24) is 9.55 Å². The maximum atomic E-state index is 12.5. The Morgan fingerprint density at radius 1 is 1.31 bits per heavy atom. The van der Waals surface area contributed by atoms with Crippen LogP contribution in [0.4, 0.5) is 10.8 Å². The molecule has 0 saturated carbocycles. The van der Waals surface area contributed by atoms with Gasteiger partial charge in [-0.15, -0.1) is 0 Å². The molecule has 0 bridgehead atoms. The van der Waals surface area contributed by atoms with E-state index in [2.05, 4.69) is 4.98 Å². The van der Waals surface area contributed by atoms with Crippen LogP contribution >= 0.6 is 11.3 Å². The van der Waals surface area contributed by atoms with Gasteiger partial charge in [0.2, 0.25) is 5.91 Å². The maximum absolute atomic E-state index is 12.5. The molecule has 0 N–H and O–H groups in total. The van der Waals surface area contributed by atoms with Crippen molar-refractivity contribution in [3.63, 3.8) is 0 Å². The molecule has 0 saturated heterocycles. The summed E-state index contributed by atoms with van der Waals surface area (Å²) in [5, 5.41) is 11.5.